The first-order valence-electron chi connectivity index (χ1n) is 6.11. The molecule has 0 spiro atoms. The number of amides is 2. The van der Waals surface area contributed by atoms with E-state index in [0.29, 0.717) is 17.9 Å². The second-order valence-electron chi connectivity index (χ2n) is 4.56. The largest absolute Gasteiger partial charge is 0.324 e. The zero-order chi connectivity index (χ0) is 13.8. The van der Waals surface area contributed by atoms with Crippen LogP contribution < -0.4 is 5.32 Å². The molecule has 1 aliphatic heterocycles. The summed E-state index contributed by atoms with van der Waals surface area (Å²) in [7, 11) is 1.99. The molecule has 1 aromatic carbocycles. The highest BCUT2D eigenvalue weighted by Gasteiger charge is 2.22. The van der Waals surface area contributed by atoms with E-state index in [0.717, 1.165) is 13.1 Å². The number of likely N-dealkylation sites (N-methyl/N-ethyl adjacent to an activating group) is 1. The molecular weight excluding hydrogens is 242 g/mol. The number of rotatable bonds is 3. The van der Waals surface area contributed by atoms with Crippen molar-refractivity contribution in [2.75, 3.05) is 32.1 Å². The van der Waals surface area contributed by atoms with Crippen LogP contribution in [0.2, 0.25) is 0 Å². The minimum Gasteiger partial charge on any atom is -0.324 e. The second-order valence-corrected chi connectivity index (χ2v) is 4.56. The molecule has 0 aliphatic carbocycles. The van der Waals surface area contributed by atoms with E-state index in [2.05, 4.69) is 16.8 Å². The minimum atomic E-state index is -0.264. The Morgan fingerprint density at radius 2 is 1.95 bits per heavy atom. The standard InChI is InChI=1S/C14H17N3O2/c1-3-13(18)15-12-6-4-11(5-7-12)14(19)17-9-8-16(2)10-17/h3-7H,1,8-10H2,2H3,(H,15,18). The van der Waals surface area contributed by atoms with E-state index >= 15 is 0 Å². The zero-order valence-electron chi connectivity index (χ0n) is 10.9. The number of nitrogens with zero attached hydrogens (tertiary/aromatic N) is 2. The van der Waals surface area contributed by atoms with Crippen molar-refractivity contribution in [2.45, 2.75) is 0 Å². The fourth-order valence-electron chi connectivity index (χ4n) is 1.96. The van der Waals surface area contributed by atoms with Crippen LogP contribution >= 0.6 is 0 Å². The Morgan fingerprint density at radius 3 is 2.47 bits per heavy atom. The molecule has 0 atom stereocenters. The van der Waals surface area contributed by atoms with E-state index in [1.807, 2.05) is 7.05 Å². The van der Waals surface area contributed by atoms with Gasteiger partial charge in [-0.25, -0.2) is 0 Å². The van der Waals surface area contributed by atoms with Gasteiger partial charge >= 0.3 is 0 Å². The van der Waals surface area contributed by atoms with E-state index in [9.17, 15) is 9.59 Å². The maximum Gasteiger partial charge on any atom is 0.254 e. The van der Waals surface area contributed by atoms with Crippen LogP contribution in [0.5, 0.6) is 0 Å². The van der Waals surface area contributed by atoms with Gasteiger partial charge < -0.3 is 10.2 Å². The van der Waals surface area contributed by atoms with Gasteiger partial charge in [0.15, 0.2) is 0 Å². The first-order chi connectivity index (χ1) is 9.10. The lowest BCUT2D eigenvalue weighted by Gasteiger charge is -2.16. The quantitative estimate of drug-likeness (QED) is 0.829. The Balaban J connectivity index is 2.03. The predicted octanol–water partition coefficient (Wildman–Crippen LogP) is 1.16. The van der Waals surface area contributed by atoms with Crippen molar-refractivity contribution in [3.05, 3.63) is 42.5 Å². The number of benzene rings is 1. The molecule has 5 heteroatoms. The average Bonchev–Trinajstić information content (AvgIpc) is 2.85. The molecular formula is C14H17N3O2. The first-order valence-corrected chi connectivity index (χ1v) is 6.11. The number of anilines is 1. The molecule has 0 aromatic heterocycles. The molecule has 1 N–H and O–H groups in total. The second kappa shape index (κ2) is 5.67. The van der Waals surface area contributed by atoms with Crippen molar-refractivity contribution in [1.82, 2.24) is 9.80 Å². The third-order valence-corrected chi connectivity index (χ3v) is 3.04. The van der Waals surface area contributed by atoms with Crippen molar-refractivity contribution in [3.8, 4) is 0 Å². The van der Waals surface area contributed by atoms with Gasteiger partial charge in [-0.2, -0.15) is 0 Å². The third kappa shape index (κ3) is 3.20. The molecule has 1 aromatic rings. The zero-order valence-corrected chi connectivity index (χ0v) is 10.9. The molecule has 2 amide bonds. The SMILES string of the molecule is C=CC(=O)Nc1ccc(C(=O)N2CCN(C)C2)cc1. The predicted molar refractivity (Wildman–Crippen MR) is 73.8 cm³/mol. The molecule has 19 heavy (non-hydrogen) atoms. The number of carbonyl (C=O) groups is 2. The van der Waals surface area contributed by atoms with Crippen LogP contribution in [-0.2, 0) is 4.79 Å². The molecule has 1 saturated heterocycles. The van der Waals surface area contributed by atoms with Crippen LogP contribution in [0.3, 0.4) is 0 Å². The summed E-state index contributed by atoms with van der Waals surface area (Å²) in [6, 6.07) is 6.88. The van der Waals surface area contributed by atoms with Gasteiger partial charge in [-0.1, -0.05) is 6.58 Å². The monoisotopic (exact) mass is 259 g/mol. The van der Waals surface area contributed by atoms with E-state index < -0.39 is 0 Å². The summed E-state index contributed by atoms with van der Waals surface area (Å²) in [5, 5.41) is 2.64. The lowest BCUT2D eigenvalue weighted by atomic mass is 10.2. The number of hydrogen-bond acceptors (Lipinski definition) is 3. The van der Waals surface area contributed by atoms with Crippen LogP contribution in [0, 0.1) is 0 Å². The van der Waals surface area contributed by atoms with E-state index in [1.54, 1.807) is 29.2 Å². The summed E-state index contributed by atoms with van der Waals surface area (Å²) in [6.07, 6.45) is 1.21. The van der Waals surface area contributed by atoms with Gasteiger partial charge in [0.1, 0.15) is 0 Å². The van der Waals surface area contributed by atoms with Crippen LogP contribution in [0.25, 0.3) is 0 Å². The summed E-state index contributed by atoms with van der Waals surface area (Å²) >= 11 is 0. The fourth-order valence-corrected chi connectivity index (χ4v) is 1.96. The van der Waals surface area contributed by atoms with Crippen molar-refractivity contribution in [1.29, 1.82) is 0 Å². The summed E-state index contributed by atoms with van der Waals surface area (Å²) < 4.78 is 0. The molecule has 1 fully saturated rings. The summed E-state index contributed by atoms with van der Waals surface area (Å²) in [5.41, 5.74) is 1.28. The first kappa shape index (κ1) is 13.3. The molecule has 1 aliphatic rings. The molecule has 0 radical (unpaired) electrons. The molecule has 0 unspecified atom stereocenters. The van der Waals surface area contributed by atoms with Gasteiger partial charge in [0.2, 0.25) is 5.91 Å². The summed E-state index contributed by atoms with van der Waals surface area (Å²) in [4.78, 5) is 27.2. The van der Waals surface area contributed by atoms with Gasteiger partial charge in [-0.05, 0) is 37.4 Å². The molecule has 0 saturated carbocycles. The Morgan fingerprint density at radius 1 is 1.26 bits per heavy atom. The smallest absolute Gasteiger partial charge is 0.254 e. The maximum absolute atomic E-state index is 12.2. The number of nitrogens with one attached hydrogen (secondary N) is 1. The van der Waals surface area contributed by atoms with Crippen LogP contribution in [-0.4, -0.2) is 48.4 Å². The summed E-state index contributed by atoms with van der Waals surface area (Å²) in [6.45, 7) is 5.70. The Bertz CT molecular complexity index is 496. The van der Waals surface area contributed by atoms with Crippen molar-refractivity contribution >= 4 is 17.5 Å². The number of hydrogen-bond donors (Lipinski definition) is 1. The summed E-state index contributed by atoms with van der Waals surface area (Å²) in [5.74, 6) is -0.244. The fraction of sp³-hybridized carbons (Fsp3) is 0.286. The average molecular weight is 259 g/mol. The Hall–Kier alpha value is -2.14. The van der Waals surface area contributed by atoms with Gasteiger partial charge in [0, 0.05) is 24.3 Å². The van der Waals surface area contributed by atoms with Crippen molar-refractivity contribution in [2.24, 2.45) is 0 Å². The third-order valence-electron chi connectivity index (χ3n) is 3.04. The normalized spacial score (nSPS) is 15.3. The highest BCUT2D eigenvalue weighted by atomic mass is 16.2. The highest BCUT2D eigenvalue weighted by molar-refractivity contribution is 5.99. The van der Waals surface area contributed by atoms with Crippen LogP contribution in [0.1, 0.15) is 10.4 Å². The molecule has 100 valence electrons. The highest BCUT2D eigenvalue weighted by Crippen LogP contribution is 2.13. The van der Waals surface area contributed by atoms with Crippen LogP contribution in [0.15, 0.2) is 36.9 Å². The topological polar surface area (TPSA) is 52.7 Å². The lowest BCUT2D eigenvalue weighted by Crippen LogP contribution is -2.30. The molecule has 2 rings (SSSR count). The van der Waals surface area contributed by atoms with E-state index in [1.165, 1.54) is 6.08 Å². The van der Waals surface area contributed by atoms with Gasteiger partial charge in [-0.15, -0.1) is 0 Å². The molecule has 1 heterocycles. The van der Waals surface area contributed by atoms with E-state index in [4.69, 9.17) is 0 Å². The Labute approximate surface area is 112 Å². The van der Waals surface area contributed by atoms with E-state index in [-0.39, 0.29) is 11.8 Å². The Kier molecular flexibility index (Phi) is 3.97. The van der Waals surface area contributed by atoms with Gasteiger partial charge in [0.05, 0.1) is 6.67 Å². The van der Waals surface area contributed by atoms with Crippen molar-refractivity contribution < 1.29 is 9.59 Å². The molecule has 0 bridgehead atoms. The van der Waals surface area contributed by atoms with Gasteiger partial charge in [0.25, 0.3) is 5.91 Å². The van der Waals surface area contributed by atoms with Crippen molar-refractivity contribution in [3.63, 3.8) is 0 Å². The maximum atomic E-state index is 12.2. The lowest BCUT2D eigenvalue weighted by molar-refractivity contribution is -0.111. The minimum absolute atomic E-state index is 0.0194. The number of carbonyl (C=O) groups excluding carboxylic acids is 2. The van der Waals surface area contributed by atoms with Crippen LogP contribution in [0.4, 0.5) is 5.69 Å². The molecule has 5 nitrogen and oxygen atoms in total. The van der Waals surface area contributed by atoms with Gasteiger partial charge in [-0.3, -0.25) is 14.5 Å².